The second kappa shape index (κ2) is 6.40. The largest absolute Gasteiger partial charge is 0.382 e. The van der Waals surface area contributed by atoms with Crippen LogP contribution in [-0.4, -0.2) is 42.2 Å². The van der Waals surface area contributed by atoms with E-state index in [1.165, 1.54) is 12.4 Å². The van der Waals surface area contributed by atoms with Crippen molar-refractivity contribution in [2.75, 3.05) is 42.3 Å². The van der Waals surface area contributed by atoms with E-state index in [1.807, 2.05) is 24.3 Å². The van der Waals surface area contributed by atoms with Crippen molar-refractivity contribution in [3.8, 4) is 0 Å². The maximum absolute atomic E-state index is 12.1. The van der Waals surface area contributed by atoms with Crippen LogP contribution in [0.4, 0.5) is 17.2 Å². The topological polar surface area (TPSA) is 93.4 Å². The smallest absolute Gasteiger partial charge is 0.278 e. The molecule has 0 spiro atoms. The van der Waals surface area contributed by atoms with Gasteiger partial charge in [0.05, 0.1) is 13.2 Å². The van der Waals surface area contributed by atoms with E-state index < -0.39 is 0 Å². The predicted molar refractivity (Wildman–Crippen MR) is 83.9 cm³/mol. The zero-order chi connectivity index (χ0) is 15.4. The van der Waals surface area contributed by atoms with Gasteiger partial charge in [0.15, 0.2) is 11.5 Å². The van der Waals surface area contributed by atoms with Gasteiger partial charge in [-0.05, 0) is 24.3 Å². The Labute approximate surface area is 128 Å². The van der Waals surface area contributed by atoms with E-state index in [0.29, 0.717) is 5.69 Å². The van der Waals surface area contributed by atoms with E-state index in [2.05, 4.69) is 20.2 Å². The molecular formula is C15H17N5O2. The number of anilines is 3. The molecule has 3 N–H and O–H groups in total. The Hall–Kier alpha value is -2.67. The zero-order valence-corrected chi connectivity index (χ0v) is 12.0. The van der Waals surface area contributed by atoms with Crippen molar-refractivity contribution in [2.45, 2.75) is 0 Å². The van der Waals surface area contributed by atoms with Crippen molar-refractivity contribution < 1.29 is 9.53 Å². The number of carbonyl (C=O) groups excluding carboxylic acids is 1. The second-order valence-electron chi connectivity index (χ2n) is 4.89. The van der Waals surface area contributed by atoms with E-state index in [0.717, 1.165) is 32.0 Å². The van der Waals surface area contributed by atoms with Gasteiger partial charge in [-0.25, -0.2) is 9.97 Å². The third-order valence-electron chi connectivity index (χ3n) is 3.44. The van der Waals surface area contributed by atoms with E-state index in [4.69, 9.17) is 10.5 Å². The van der Waals surface area contributed by atoms with Gasteiger partial charge in [-0.3, -0.25) is 4.79 Å². The maximum atomic E-state index is 12.1. The Morgan fingerprint density at radius 2 is 1.82 bits per heavy atom. The summed E-state index contributed by atoms with van der Waals surface area (Å²) < 4.78 is 5.33. The number of morpholine rings is 1. The lowest BCUT2D eigenvalue weighted by Gasteiger charge is -2.28. The van der Waals surface area contributed by atoms with Gasteiger partial charge in [-0.2, -0.15) is 0 Å². The molecule has 1 saturated heterocycles. The molecule has 7 heteroatoms. The first-order valence-corrected chi connectivity index (χ1v) is 7.04. The van der Waals surface area contributed by atoms with Gasteiger partial charge in [0, 0.05) is 36.9 Å². The lowest BCUT2D eigenvalue weighted by Crippen LogP contribution is -2.36. The standard InChI is InChI=1S/C15H17N5O2/c16-14-13(17-5-6-18-14)15(21)19-11-1-3-12(4-2-11)20-7-9-22-10-8-20/h1-6H,7-10H2,(H2,16,18)(H,19,21). The molecule has 1 aromatic heterocycles. The lowest BCUT2D eigenvalue weighted by molar-refractivity contribution is 0.102. The van der Waals surface area contributed by atoms with E-state index in [1.54, 1.807) is 0 Å². The second-order valence-corrected chi connectivity index (χ2v) is 4.89. The number of rotatable bonds is 3. The van der Waals surface area contributed by atoms with Gasteiger partial charge in [0.1, 0.15) is 0 Å². The van der Waals surface area contributed by atoms with Gasteiger partial charge in [0.2, 0.25) is 0 Å². The fourth-order valence-corrected chi connectivity index (χ4v) is 2.29. The van der Waals surface area contributed by atoms with Crippen molar-refractivity contribution >= 4 is 23.1 Å². The van der Waals surface area contributed by atoms with Crippen molar-refractivity contribution in [2.24, 2.45) is 0 Å². The van der Waals surface area contributed by atoms with E-state index >= 15 is 0 Å². The predicted octanol–water partition coefficient (Wildman–Crippen LogP) is 1.15. The van der Waals surface area contributed by atoms with Crippen LogP contribution in [0.15, 0.2) is 36.7 Å². The van der Waals surface area contributed by atoms with E-state index in [-0.39, 0.29) is 17.4 Å². The van der Waals surface area contributed by atoms with Gasteiger partial charge >= 0.3 is 0 Å². The van der Waals surface area contributed by atoms with Crippen molar-refractivity contribution in [3.63, 3.8) is 0 Å². The molecule has 0 unspecified atom stereocenters. The van der Waals surface area contributed by atoms with Crippen LogP contribution in [0.25, 0.3) is 0 Å². The number of benzene rings is 1. The van der Waals surface area contributed by atoms with Gasteiger partial charge in [-0.15, -0.1) is 0 Å². The number of hydrogen-bond acceptors (Lipinski definition) is 6. The molecule has 1 fully saturated rings. The Morgan fingerprint density at radius 1 is 1.14 bits per heavy atom. The molecule has 0 aliphatic carbocycles. The number of aromatic nitrogens is 2. The fraction of sp³-hybridized carbons (Fsp3) is 0.267. The normalized spacial score (nSPS) is 14.6. The molecule has 1 aliphatic rings. The summed E-state index contributed by atoms with van der Waals surface area (Å²) in [6.45, 7) is 3.23. The number of nitrogen functional groups attached to an aromatic ring is 1. The molecule has 1 aliphatic heterocycles. The summed E-state index contributed by atoms with van der Waals surface area (Å²) in [5, 5.41) is 2.76. The molecule has 0 radical (unpaired) electrons. The molecule has 0 saturated carbocycles. The molecule has 2 aromatic rings. The summed E-state index contributed by atoms with van der Waals surface area (Å²) in [7, 11) is 0. The van der Waals surface area contributed by atoms with Crippen LogP contribution >= 0.6 is 0 Å². The van der Waals surface area contributed by atoms with Crippen LogP contribution in [-0.2, 0) is 4.74 Å². The Balaban J connectivity index is 1.68. The number of hydrogen-bond donors (Lipinski definition) is 2. The minimum Gasteiger partial charge on any atom is -0.382 e. The number of nitrogens with zero attached hydrogens (tertiary/aromatic N) is 3. The number of carbonyl (C=O) groups is 1. The molecule has 7 nitrogen and oxygen atoms in total. The highest BCUT2D eigenvalue weighted by molar-refractivity contribution is 6.05. The fourth-order valence-electron chi connectivity index (χ4n) is 2.29. The van der Waals surface area contributed by atoms with Crippen LogP contribution in [0, 0.1) is 0 Å². The van der Waals surface area contributed by atoms with Gasteiger partial charge < -0.3 is 20.7 Å². The molecule has 1 amide bonds. The molecule has 2 heterocycles. The zero-order valence-electron chi connectivity index (χ0n) is 12.0. The Bertz CT molecular complexity index is 653. The quantitative estimate of drug-likeness (QED) is 0.883. The molecule has 114 valence electrons. The summed E-state index contributed by atoms with van der Waals surface area (Å²) >= 11 is 0. The highest BCUT2D eigenvalue weighted by Gasteiger charge is 2.13. The summed E-state index contributed by atoms with van der Waals surface area (Å²) in [4.78, 5) is 22.1. The maximum Gasteiger partial charge on any atom is 0.278 e. The molecule has 22 heavy (non-hydrogen) atoms. The average Bonchev–Trinajstić information content (AvgIpc) is 2.57. The highest BCUT2D eigenvalue weighted by Crippen LogP contribution is 2.19. The molecule has 0 atom stereocenters. The minimum absolute atomic E-state index is 0.116. The Morgan fingerprint density at radius 3 is 2.50 bits per heavy atom. The molecule has 0 bridgehead atoms. The minimum atomic E-state index is -0.371. The van der Waals surface area contributed by atoms with Crippen LogP contribution in [0.2, 0.25) is 0 Å². The van der Waals surface area contributed by atoms with Crippen LogP contribution in [0.1, 0.15) is 10.5 Å². The summed E-state index contributed by atoms with van der Waals surface area (Å²) in [5.74, 6) is -0.255. The molecule has 1 aromatic carbocycles. The molecular weight excluding hydrogens is 282 g/mol. The summed E-state index contributed by atoms with van der Waals surface area (Å²) in [6, 6.07) is 7.66. The van der Waals surface area contributed by atoms with Crippen LogP contribution in [0.5, 0.6) is 0 Å². The van der Waals surface area contributed by atoms with Gasteiger partial charge in [0.25, 0.3) is 5.91 Å². The van der Waals surface area contributed by atoms with E-state index in [9.17, 15) is 4.79 Å². The highest BCUT2D eigenvalue weighted by atomic mass is 16.5. The first kappa shape index (κ1) is 14.3. The number of nitrogens with one attached hydrogen (secondary N) is 1. The summed E-state index contributed by atoms with van der Waals surface area (Å²) in [5.41, 5.74) is 7.57. The monoisotopic (exact) mass is 299 g/mol. The SMILES string of the molecule is Nc1nccnc1C(=O)Nc1ccc(N2CCOCC2)cc1. The third kappa shape index (κ3) is 3.15. The molecule has 3 rings (SSSR count). The number of ether oxygens (including phenoxy) is 1. The third-order valence-corrected chi connectivity index (χ3v) is 3.44. The first-order valence-electron chi connectivity index (χ1n) is 7.04. The van der Waals surface area contributed by atoms with Crippen molar-refractivity contribution in [1.29, 1.82) is 0 Å². The first-order chi connectivity index (χ1) is 10.7. The number of amides is 1. The average molecular weight is 299 g/mol. The van der Waals surface area contributed by atoms with Crippen molar-refractivity contribution in [3.05, 3.63) is 42.4 Å². The van der Waals surface area contributed by atoms with Crippen LogP contribution < -0.4 is 16.0 Å². The van der Waals surface area contributed by atoms with Crippen molar-refractivity contribution in [1.82, 2.24) is 9.97 Å². The Kier molecular flexibility index (Phi) is 4.15. The lowest BCUT2D eigenvalue weighted by atomic mass is 10.2. The summed E-state index contributed by atoms with van der Waals surface area (Å²) in [6.07, 6.45) is 2.88. The number of nitrogens with two attached hydrogens (primary N) is 1. The van der Waals surface area contributed by atoms with Crippen LogP contribution in [0.3, 0.4) is 0 Å². The van der Waals surface area contributed by atoms with Gasteiger partial charge in [-0.1, -0.05) is 0 Å².